The zero-order chi connectivity index (χ0) is 15.1. The molecule has 3 rings (SSSR count). The average molecular weight is 345 g/mol. The number of aromatic carboxylic acids is 1. The van der Waals surface area contributed by atoms with E-state index >= 15 is 0 Å². The minimum absolute atomic E-state index is 0.255. The Morgan fingerprint density at radius 2 is 2.00 bits per heavy atom. The van der Waals surface area contributed by atoms with E-state index in [2.05, 4.69) is 20.9 Å². The lowest BCUT2D eigenvalue weighted by atomic mass is 10.1. The van der Waals surface area contributed by atoms with Gasteiger partial charge in [0.25, 0.3) is 0 Å². The summed E-state index contributed by atoms with van der Waals surface area (Å²) in [6.07, 6.45) is 0. The summed E-state index contributed by atoms with van der Waals surface area (Å²) >= 11 is 3.48. The number of fused-ring (bicyclic) bond motifs is 1. The molecule has 0 aliphatic heterocycles. The first-order valence-corrected chi connectivity index (χ1v) is 7.25. The fraction of sp³-hybridized carbons (Fsp3) is 0.125. The van der Waals surface area contributed by atoms with Gasteiger partial charge < -0.3 is 5.11 Å². The second-order valence-electron chi connectivity index (χ2n) is 4.96. The van der Waals surface area contributed by atoms with Crippen LogP contribution in [0.5, 0.6) is 0 Å². The quantitative estimate of drug-likeness (QED) is 0.761. The molecule has 0 radical (unpaired) electrons. The van der Waals surface area contributed by atoms with E-state index in [0.717, 1.165) is 21.5 Å². The Balaban J connectivity index is 2.41. The maximum atomic E-state index is 11.5. The molecule has 5 heteroatoms. The number of hydrogen-bond donors (Lipinski definition) is 1. The van der Waals surface area contributed by atoms with E-state index in [9.17, 15) is 9.90 Å². The Kier molecular flexibility index (Phi) is 3.29. The molecule has 0 aliphatic carbocycles. The number of imidazole rings is 1. The van der Waals surface area contributed by atoms with Crippen LogP contribution in [-0.2, 0) is 0 Å². The lowest BCUT2D eigenvalue weighted by molar-refractivity contribution is 0.0698. The zero-order valence-electron chi connectivity index (χ0n) is 11.6. The van der Waals surface area contributed by atoms with Crippen LogP contribution in [0.25, 0.3) is 16.7 Å². The zero-order valence-corrected chi connectivity index (χ0v) is 13.2. The fourth-order valence-electron chi connectivity index (χ4n) is 2.58. The molecule has 3 aromatic rings. The molecule has 21 heavy (non-hydrogen) atoms. The molecule has 4 nitrogen and oxygen atoms in total. The molecule has 106 valence electrons. The van der Waals surface area contributed by atoms with E-state index in [-0.39, 0.29) is 5.56 Å². The third kappa shape index (κ3) is 2.34. The van der Waals surface area contributed by atoms with Gasteiger partial charge in [0.1, 0.15) is 5.82 Å². The molecule has 0 atom stereocenters. The van der Waals surface area contributed by atoms with Crippen molar-refractivity contribution in [2.24, 2.45) is 0 Å². The first-order valence-electron chi connectivity index (χ1n) is 6.46. The Hall–Kier alpha value is -2.14. The van der Waals surface area contributed by atoms with E-state index in [1.54, 1.807) is 12.1 Å². The van der Waals surface area contributed by atoms with E-state index in [0.29, 0.717) is 11.0 Å². The van der Waals surface area contributed by atoms with Crippen LogP contribution >= 0.6 is 15.9 Å². The monoisotopic (exact) mass is 344 g/mol. The van der Waals surface area contributed by atoms with Crippen molar-refractivity contribution in [1.29, 1.82) is 0 Å². The highest BCUT2D eigenvalue weighted by Crippen LogP contribution is 2.27. The van der Waals surface area contributed by atoms with E-state index in [1.807, 2.05) is 42.7 Å². The SMILES string of the molecule is Cc1cc(Br)cc(-n2c(C)nc3cccc(C(=O)O)c32)c1. The van der Waals surface area contributed by atoms with Crippen molar-refractivity contribution in [2.45, 2.75) is 13.8 Å². The third-order valence-electron chi connectivity index (χ3n) is 3.36. The van der Waals surface area contributed by atoms with Crippen LogP contribution < -0.4 is 0 Å². The number of carbonyl (C=O) groups is 1. The third-order valence-corrected chi connectivity index (χ3v) is 3.82. The first-order chi connectivity index (χ1) is 9.97. The Bertz CT molecular complexity index is 848. The summed E-state index contributed by atoms with van der Waals surface area (Å²) in [5, 5.41) is 9.42. The van der Waals surface area contributed by atoms with Crippen LogP contribution in [0.4, 0.5) is 0 Å². The van der Waals surface area contributed by atoms with Crippen molar-refractivity contribution < 1.29 is 9.90 Å². The predicted molar refractivity (Wildman–Crippen MR) is 85.2 cm³/mol. The lowest BCUT2D eigenvalue weighted by Gasteiger charge is -2.10. The molecular weight excluding hydrogens is 332 g/mol. The van der Waals surface area contributed by atoms with E-state index in [4.69, 9.17) is 0 Å². The summed E-state index contributed by atoms with van der Waals surface area (Å²) < 4.78 is 2.84. The Morgan fingerprint density at radius 1 is 1.24 bits per heavy atom. The van der Waals surface area contributed by atoms with Gasteiger partial charge in [-0.2, -0.15) is 0 Å². The van der Waals surface area contributed by atoms with Gasteiger partial charge in [0.2, 0.25) is 0 Å². The van der Waals surface area contributed by atoms with Crippen molar-refractivity contribution in [3.8, 4) is 5.69 Å². The minimum Gasteiger partial charge on any atom is -0.478 e. The smallest absolute Gasteiger partial charge is 0.337 e. The van der Waals surface area contributed by atoms with Gasteiger partial charge in [0, 0.05) is 10.2 Å². The topological polar surface area (TPSA) is 55.1 Å². The van der Waals surface area contributed by atoms with E-state index < -0.39 is 5.97 Å². The van der Waals surface area contributed by atoms with Gasteiger partial charge >= 0.3 is 5.97 Å². The number of aromatic nitrogens is 2. The fourth-order valence-corrected chi connectivity index (χ4v) is 3.17. The highest BCUT2D eigenvalue weighted by molar-refractivity contribution is 9.10. The summed E-state index contributed by atoms with van der Waals surface area (Å²) in [5.74, 6) is -0.190. The number of hydrogen-bond acceptors (Lipinski definition) is 2. The summed E-state index contributed by atoms with van der Waals surface area (Å²) in [6.45, 7) is 3.88. The van der Waals surface area contributed by atoms with Crippen molar-refractivity contribution in [1.82, 2.24) is 9.55 Å². The summed E-state index contributed by atoms with van der Waals surface area (Å²) in [7, 11) is 0. The van der Waals surface area contributed by atoms with Crippen LogP contribution in [0.2, 0.25) is 0 Å². The molecule has 2 aromatic carbocycles. The number of nitrogens with zero attached hydrogens (tertiary/aromatic N) is 2. The van der Waals surface area contributed by atoms with Crippen LogP contribution in [0.3, 0.4) is 0 Å². The van der Waals surface area contributed by atoms with Gasteiger partial charge in [0.05, 0.1) is 16.6 Å². The summed E-state index contributed by atoms with van der Waals surface area (Å²) in [5.41, 5.74) is 3.56. The molecule has 0 saturated heterocycles. The molecule has 1 aromatic heterocycles. The van der Waals surface area contributed by atoms with Gasteiger partial charge in [-0.25, -0.2) is 9.78 Å². The van der Waals surface area contributed by atoms with Crippen LogP contribution in [0.1, 0.15) is 21.7 Å². The Labute approximate surface area is 130 Å². The molecule has 0 spiro atoms. The van der Waals surface area contributed by atoms with Crippen molar-refractivity contribution in [2.75, 3.05) is 0 Å². The number of halogens is 1. The first kappa shape index (κ1) is 13.8. The second kappa shape index (κ2) is 5.00. The van der Waals surface area contributed by atoms with E-state index in [1.165, 1.54) is 0 Å². The number of para-hydroxylation sites is 1. The highest BCUT2D eigenvalue weighted by atomic mass is 79.9. The molecule has 0 unspecified atom stereocenters. The summed E-state index contributed by atoms with van der Waals surface area (Å²) in [4.78, 5) is 16.0. The van der Waals surface area contributed by atoms with Crippen molar-refractivity contribution in [3.63, 3.8) is 0 Å². The molecule has 1 heterocycles. The highest BCUT2D eigenvalue weighted by Gasteiger charge is 2.17. The minimum atomic E-state index is -0.950. The molecular formula is C16H13BrN2O2. The van der Waals surface area contributed by atoms with Crippen molar-refractivity contribution >= 4 is 32.9 Å². The Morgan fingerprint density at radius 3 is 2.67 bits per heavy atom. The molecule has 0 saturated carbocycles. The van der Waals surface area contributed by atoms with Gasteiger partial charge in [-0.05, 0) is 49.7 Å². The van der Waals surface area contributed by atoms with Gasteiger partial charge in [-0.1, -0.05) is 22.0 Å². The second-order valence-corrected chi connectivity index (χ2v) is 5.88. The van der Waals surface area contributed by atoms with Gasteiger partial charge in [-0.3, -0.25) is 4.57 Å². The number of carboxylic acids is 1. The van der Waals surface area contributed by atoms with Crippen LogP contribution in [0, 0.1) is 13.8 Å². The standard InChI is InChI=1S/C16H13BrN2O2/c1-9-6-11(17)8-12(7-9)19-10(2)18-14-5-3-4-13(15(14)19)16(20)21/h3-8H,1-2H3,(H,20,21). The maximum absolute atomic E-state index is 11.5. The molecule has 0 bridgehead atoms. The van der Waals surface area contributed by atoms with Gasteiger partial charge in [0.15, 0.2) is 0 Å². The molecule has 0 amide bonds. The lowest BCUT2D eigenvalue weighted by Crippen LogP contribution is -2.03. The largest absolute Gasteiger partial charge is 0.478 e. The average Bonchev–Trinajstić information content (AvgIpc) is 2.72. The summed E-state index contributed by atoms with van der Waals surface area (Å²) in [6, 6.07) is 11.1. The van der Waals surface area contributed by atoms with Crippen LogP contribution in [-0.4, -0.2) is 20.6 Å². The number of benzene rings is 2. The van der Waals surface area contributed by atoms with Crippen molar-refractivity contribution in [3.05, 3.63) is 57.8 Å². The van der Waals surface area contributed by atoms with Crippen LogP contribution in [0.15, 0.2) is 40.9 Å². The van der Waals surface area contributed by atoms with Gasteiger partial charge in [-0.15, -0.1) is 0 Å². The normalized spacial score (nSPS) is 11.0. The predicted octanol–water partition coefficient (Wildman–Crippen LogP) is 4.10. The number of aryl methyl sites for hydroxylation is 2. The molecule has 1 N–H and O–H groups in total. The molecule has 0 fully saturated rings. The number of rotatable bonds is 2. The molecule has 0 aliphatic rings. The maximum Gasteiger partial charge on any atom is 0.337 e. The number of carboxylic acid groups (broad SMARTS) is 1.